The molecule has 4 N–H and O–H groups in total. The average molecular weight is 485 g/mol. The SMILES string of the molecule is CC(C)C[C@H](NC(=O)OC1(Cc2ccccc2)CCC1)C(=O)N[C@@H](C[C@@H]1CCNC1=O)C(O)C#N. The van der Waals surface area contributed by atoms with Crippen LogP contribution in [0.2, 0.25) is 0 Å². The van der Waals surface area contributed by atoms with Crippen molar-refractivity contribution in [3.05, 3.63) is 35.9 Å². The van der Waals surface area contributed by atoms with E-state index in [0.717, 1.165) is 24.8 Å². The van der Waals surface area contributed by atoms with Crippen LogP contribution in [0.4, 0.5) is 4.79 Å². The summed E-state index contributed by atoms with van der Waals surface area (Å²) in [4.78, 5) is 38.0. The lowest BCUT2D eigenvalue weighted by Crippen LogP contribution is -2.55. The maximum absolute atomic E-state index is 13.1. The standard InChI is InChI=1S/C26H36N4O5/c1-17(2)13-21(24(33)29-20(22(31)16-27)14-19-9-12-28-23(19)32)30-25(34)35-26(10-6-11-26)15-18-7-4-3-5-8-18/h3-5,7-8,17,19-22,31H,6,9-15H2,1-2H3,(H,28,32)(H,29,33)(H,30,34)/t19-,20-,21-,22?/m0/s1. The van der Waals surface area contributed by atoms with Crippen LogP contribution in [0.25, 0.3) is 0 Å². The predicted octanol–water partition coefficient (Wildman–Crippen LogP) is 2.19. The van der Waals surface area contributed by atoms with Gasteiger partial charge in [0.15, 0.2) is 6.10 Å². The van der Waals surface area contributed by atoms with Crippen LogP contribution in [0.3, 0.4) is 0 Å². The van der Waals surface area contributed by atoms with Crippen molar-refractivity contribution in [2.75, 3.05) is 6.54 Å². The fraction of sp³-hybridized carbons (Fsp3) is 0.615. The van der Waals surface area contributed by atoms with E-state index in [2.05, 4.69) is 16.0 Å². The van der Waals surface area contributed by atoms with Crippen LogP contribution in [-0.2, 0) is 20.7 Å². The molecule has 1 saturated heterocycles. The number of carbonyl (C=O) groups is 3. The van der Waals surface area contributed by atoms with Gasteiger partial charge in [0.1, 0.15) is 11.6 Å². The predicted molar refractivity (Wildman–Crippen MR) is 129 cm³/mol. The second-order valence-corrected chi connectivity index (χ2v) is 10.1. The summed E-state index contributed by atoms with van der Waals surface area (Å²) in [6.07, 6.45) is 2.05. The highest BCUT2D eigenvalue weighted by molar-refractivity contribution is 5.86. The third-order valence-corrected chi connectivity index (χ3v) is 6.80. The van der Waals surface area contributed by atoms with Crippen molar-refractivity contribution in [2.24, 2.45) is 11.8 Å². The van der Waals surface area contributed by atoms with Crippen LogP contribution in [0.1, 0.15) is 57.9 Å². The van der Waals surface area contributed by atoms with Gasteiger partial charge in [0.25, 0.3) is 0 Å². The number of carbonyl (C=O) groups excluding carboxylic acids is 3. The summed E-state index contributed by atoms with van der Waals surface area (Å²) in [5.41, 5.74) is 0.500. The molecule has 1 aromatic carbocycles. The van der Waals surface area contributed by atoms with Gasteiger partial charge in [-0.3, -0.25) is 9.59 Å². The third-order valence-electron chi connectivity index (χ3n) is 6.80. The van der Waals surface area contributed by atoms with E-state index in [4.69, 9.17) is 4.74 Å². The number of rotatable bonds is 11. The van der Waals surface area contributed by atoms with Gasteiger partial charge in [-0.2, -0.15) is 5.26 Å². The van der Waals surface area contributed by atoms with Gasteiger partial charge in [0.05, 0.1) is 12.1 Å². The zero-order chi connectivity index (χ0) is 25.4. The third kappa shape index (κ3) is 7.43. The van der Waals surface area contributed by atoms with Crippen LogP contribution in [0.5, 0.6) is 0 Å². The highest BCUT2D eigenvalue weighted by Crippen LogP contribution is 2.38. The molecule has 2 aliphatic rings. The lowest BCUT2D eigenvalue weighted by molar-refractivity contribution is -0.127. The first-order chi connectivity index (χ1) is 16.7. The highest BCUT2D eigenvalue weighted by Gasteiger charge is 2.42. The first kappa shape index (κ1) is 26.5. The lowest BCUT2D eigenvalue weighted by Gasteiger charge is -2.41. The Hall–Kier alpha value is -3.12. The molecule has 4 atom stereocenters. The van der Waals surface area contributed by atoms with Crippen molar-refractivity contribution in [1.29, 1.82) is 5.26 Å². The van der Waals surface area contributed by atoms with Crippen molar-refractivity contribution >= 4 is 17.9 Å². The monoisotopic (exact) mass is 484 g/mol. The Morgan fingerprint density at radius 1 is 1.26 bits per heavy atom. The van der Waals surface area contributed by atoms with Gasteiger partial charge in [-0.1, -0.05) is 44.2 Å². The molecule has 0 bridgehead atoms. The van der Waals surface area contributed by atoms with Gasteiger partial charge in [0.2, 0.25) is 11.8 Å². The number of hydrogen-bond donors (Lipinski definition) is 4. The van der Waals surface area contributed by atoms with Gasteiger partial charge in [-0.05, 0) is 50.0 Å². The van der Waals surface area contributed by atoms with Crippen molar-refractivity contribution < 1.29 is 24.2 Å². The molecule has 190 valence electrons. The number of amides is 3. The Kier molecular flexibility index (Phi) is 9.10. The first-order valence-corrected chi connectivity index (χ1v) is 12.4. The summed E-state index contributed by atoms with van der Waals surface area (Å²) < 4.78 is 5.85. The van der Waals surface area contributed by atoms with Gasteiger partial charge >= 0.3 is 6.09 Å². The van der Waals surface area contributed by atoms with E-state index in [0.29, 0.717) is 25.8 Å². The van der Waals surface area contributed by atoms with E-state index in [9.17, 15) is 24.8 Å². The minimum atomic E-state index is -1.47. The summed E-state index contributed by atoms with van der Waals surface area (Å²) >= 11 is 0. The number of benzene rings is 1. The minimum Gasteiger partial charge on any atom is -0.443 e. The molecule has 9 heteroatoms. The van der Waals surface area contributed by atoms with E-state index >= 15 is 0 Å². The van der Waals surface area contributed by atoms with Crippen molar-refractivity contribution in [1.82, 2.24) is 16.0 Å². The summed E-state index contributed by atoms with van der Waals surface area (Å²) in [5, 5.41) is 27.5. The number of aliphatic hydroxyl groups excluding tert-OH is 1. The number of nitriles is 1. The van der Waals surface area contributed by atoms with Gasteiger partial charge in [-0.15, -0.1) is 0 Å². The van der Waals surface area contributed by atoms with E-state index in [1.807, 2.05) is 44.2 Å². The molecule has 35 heavy (non-hydrogen) atoms. The molecule has 9 nitrogen and oxygen atoms in total. The molecule has 1 aliphatic carbocycles. The average Bonchev–Trinajstić information content (AvgIpc) is 3.20. The molecule has 0 aromatic heterocycles. The first-order valence-electron chi connectivity index (χ1n) is 12.4. The topological polar surface area (TPSA) is 141 Å². The maximum atomic E-state index is 13.1. The van der Waals surface area contributed by atoms with Gasteiger partial charge in [0, 0.05) is 18.9 Å². The Labute approximate surface area is 206 Å². The second-order valence-electron chi connectivity index (χ2n) is 10.1. The zero-order valence-electron chi connectivity index (χ0n) is 20.5. The minimum absolute atomic E-state index is 0.0907. The van der Waals surface area contributed by atoms with E-state index < -0.39 is 35.8 Å². The number of nitrogens with zero attached hydrogens (tertiary/aromatic N) is 1. The van der Waals surface area contributed by atoms with Gasteiger partial charge in [-0.25, -0.2) is 4.79 Å². The molecule has 1 aromatic rings. The van der Waals surface area contributed by atoms with Crippen LogP contribution < -0.4 is 16.0 Å². The highest BCUT2D eigenvalue weighted by atomic mass is 16.6. The lowest BCUT2D eigenvalue weighted by atomic mass is 9.76. The normalized spacial score (nSPS) is 21.1. The summed E-state index contributed by atoms with van der Waals surface area (Å²) in [6, 6.07) is 9.76. The van der Waals surface area contributed by atoms with Crippen molar-refractivity contribution in [3.8, 4) is 6.07 Å². The van der Waals surface area contributed by atoms with E-state index in [1.165, 1.54) is 0 Å². The number of hydrogen-bond acceptors (Lipinski definition) is 6. The summed E-state index contributed by atoms with van der Waals surface area (Å²) in [7, 11) is 0. The largest absolute Gasteiger partial charge is 0.443 e. The van der Waals surface area contributed by atoms with E-state index in [1.54, 1.807) is 6.07 Å². The molecule has 3 amide bonds. The summed E-state index contributed by atoms with van der Waals surface area (Å²) in [5.74, 6) is -0.965. The zero-order valence-corrected chi connectivity index (χ0v) is 20.5. The van der Waals surface area contributed by atoms with Crippen molar-refractivity contribution in [3.63, 3.8) is 0 Å². The smallest absolute Gasteiger partial charge is 0.408 e. The molecule has 2 fully saturated rings. The van der Waals surface area contributed by atoms with Crippen LogP contribution in [-0.4, -0.2) is 53.3 Å². The molecule has 1 saturated carbocycles. The molecule has 1 heterocycles. The molecule has 0 radical (unpaired) electrons. The molecular weight excluding hydrogens is 448 g/mol. The maximum Gasteiger partial charge on any atom is 0.408 e. The Morgan fingerprint density at radius 2 is 1.97 bits per heavy atom. The number of alkyl carbamates (subject to hydrolysis) is 1. The summed E-state index contributed by atoms with van der Waals surface area (Å²) in [6.45, 7) is 4.39. The number of nitrogens with one attached hydrogen (secondary N) is 3. The Balaban J connectivity index is 1.64. The molecule has 0 spiro atoms. The fourth-order valence-electron chi connectivity index (χ4n) is 4.74. The molecule has 1 aliphatic heterocycles. The van der Waals surface area contributed by atoms with Crippen LogP contribution in [0.15, 0.2) is 30.3 Å². The van der Waals surface area contributed by atoms with Crippen molar-refractivity contribution in [2.45, 2.75) is 82.6 Å². The Bertz CT molecular complexity index is 925. The molecule has 1 unspecified atom stereocenters. The Morgan fingerprint density at radius 3 is 2.51 bits per heavy atom. The number of aliphatic hydroxyl groups is 1. The van der Waals surface area contributed by atoms with Crippen LogP contribution in [0, 0.1) is 23.2 Å². The molecular formula is C26H36N4O5. The molecule has 3 rings (SSSR count). The van der Waals surface area contributed by atoms with E-state index in [-0.39, 0.29) is 24.2 Å². The van der Waals surface area contributed by atoms with Crippen LogP contribution >= 0.6 is 0 Å². The fourth-order valence-corrected chi connectivity index (χ4v) is 4.74. The van der Waals surface area contributed by atoms with Gasteiger partial charge < -0.3 is 25.8 Å². The quantitative estimate of drug-likeness (QED) is 0.355. The number of ether oxygens (including phenoxy) is 1. The second kappa shape index (κ2) is 12.0.